The quantitative estimate of drug-likeness (QED) is 0.757. The fourth-order valence-electron chi connectivity index (χ4n) is 3.20. The number of hydrogen-bond donors (Lipinski definition) is 1. The molecule has 1 aromatic heterocycles. The van der Waals surface area contributed by atoms with Crippen molar-refractivity contribution in [2.75, 3.05) is 20.3 Å². The number of aromatic nitrogens is 2. The second kappa shape index (κ2) is 7.53. The Balaban J connectivity index is 1.34. The van der Waals surface area contributed by atoms with Crippen LogP contribution in [-0.4, -0.2) is 35.9 Å². The summed E-state index contributed by atoms with van der Waals surface area (Å²) in [4.78, 5) is 12.4. The zero-order valence-electron chi connectivity index (χ0n) is 15.1. The van der Waals surface area contributed by atoms with E-state index in [4.69, 9.17) is 9.47 Å². The van der Waals surface area contributed by atoms with Gasteiger partial charge in [0, 0.05) is 36.5 Å². The minimum atomic E-state index is -0.0810. The number of amides is 1. The molecule has 6 heteroatoms. The first-order valence-corrected chi connectivity index (χ1v) is 8.91. The van der Waals surface area contributed by atoms with Gasteiger partial charge < -0.3 is 14.8 Å². The predicted molar refractivity (Wildman–Crippen MR) is 102 cm³/mol. The monoisotopic (exact) mass is 363 g/mol. The summed E-state index contributed by atoms with van der Waals surface area (Å²) in [5, 5.41) is 7.19. The Kier molecular flexibility index (Phi) is 4.78. The van der Waals surface area contributed by atoms with E-state index in [1.54, 1.807) is 18.0 Å². The van der Waals surface area contributed by atoms with Gasteiger partial charge in [-0.15, -0.1) is 0 Å². The molecule has 1 atom stereocenters. The van der Waals surface area contributed by atoms with Gasteiger partial charge in [-0.3, -0.25) is 4.79 Å². The Morgan fingerprint density at radius 1 is 1.30 bits per heavy atom. The second-order valence-electron chi connectivity index (χ2n) is 6.56. The lowest BCUT2D eigenvalue weighted by Crippen LogP contribution is -2.34. The van der Waals surface area contributed by atoms with Crippen molar-refractivity contribution >= 4 is 5.91 Å². The number of rotatable bonds is 5. The number of ether oxygens (including phenoxy) is 2. The molecule has 138 valence electrons. The maximum atomic E-state index is 12.4. The molecule has 1 aliphatic rings. The number of methoxy groups -OCH3 is 1. The maximum absolute atomic E-state index is 12.4. The third-order valence-electron chi connectivity index (χ3n) is 4.71. The molecular weight excluding hydrogens is 342 g/mol. The van der Waals surface area contributed by atoms with Gasteiger partial charge >= 0.3 is 0 Å². The first-order valence-electron chi connectivity index (χ1n) is 8.91. The van der Waals surface area contributed by atoms with Crippen molar-refractivity contribution in [3.63, 3.8) is 0 Å². The highest BCUT2D eigenvalue weighted by atomic mass is 16.5. The van der Waals surface area contributed by atoms with Crippen molar-refractivity contribution in [2.24, 2.45) is 5.92 Å². The van der Waals surface area contributed by atoms with Crippen molar-refractivity contribution in [2.45, 2.75) is 6.42 Å². The molecule has 1 aliphatic heterocycles. The van der Waals surface area contributed by atoms with Crippen LogP contribution in [0.2, 0.25) is 0 Å². The Morgan fingerprint density at radius 3 is 2.89 bits per heavy atom. The van der Waals surface area contributed by atoms with E-state index >= 15 is 0 Å². The fourth-order valence-corrected chi connectivity index (χ4v) is 3.20. The topological polar surface area (TPSA) is 65.4 Å². The van der Waals surface area contributed by atoms with Gasteiger partial charge in [0.15, 0.2) is 0 Å². The van der Waals surface area contributed by atoms with Crippen LogP contribution in [-0.2, 0) is 6.42 Å². The molecule has 3 aromatic rings. The van der Waals surface area contributed by atoms with Crippen molar-refractivity contribution in [1.82, 2.24) is 15.1 Å². The second-order valence-corrected chi connectivity index (χ2v) is 6.56. The Morgan fingerprint density at radius 2 is 2.15 bits per heavy atom. The summed E-state index contributed by atoms with van der Waals surface area (Å²) in [7, 11) is 1.64. The van der Waals surface area contributed by atoms with Gasteiger partial charge in [-0.05, 0) is 48.4 Å². The van der Waals surface area contributed by atoms with Gasteiger partial charge in [0.05, 0.1) is 19.4 Å². The summed E-state index contributed by atoms with van der Waals surface area (Å²) in [6, 6.07) is 15.1. The number of carbonyl (C=O) groups excluding carboxylic acids is 1. The minimum absolute atomic E-state index is 0.0810. The van der Waals surface area contributed by atoms with E-state index in [0.29, 0.717) is 18.7 Å². The van der Waals surface area contributed by atoms with Crippen molar-refractivity contribution in [3.8, 4) is 17.2 Å². The van der Waals surface area contributed by atoms with Crippen LogP contribution in [0.1, 0.15) is 15.9 Å². The van der Waals surface area contributed by atoms with Crippen LogP contribution >= 0.6 is 0 Å². The molecule has 0 saturated carbocycles. The van der Waals surface area contributed by atoms with E-state index in [1.807, 2.05) is 54.7 Å². The van der Waals surface area contributed by atoms with Crippen molar-refractivity contribution in [3.05, 3.63) is 72.1 Å². The van der Waals surface area contributed by atoms with E-state index in [0.717, 1.165) is 29.2 Å². The van der Waals surface area contributed by atoms with Gasteiger partial charge in [0.2, 0.25) is 0 Å². The van der Waals surface area contributed by atoms with E-state index in [2.05, 4.69) is 10.4 Å². The van der Waals surface area contributed by atoms with Gasteiger partial charge in [-0.2, -0.15) is 5.10 Å². The summed E-state index contributed by atoms with van der Waals surface area (Å²) >= 11 is 0. The molecular formula is C21H21N3O3. The SMILES string of the molecule is COc1ccc2c(c1)OC[C@H](CNC(=O)c1ccc(-n3cccn3)cc1)C2. The molecule has 27 heavy (non-hydrogen) atoms. The van der Waals surface area contributed by atoms with Gasteiger partial charge in [-0.1, -0.05) is 6.07 Å². The average molecular weight is 363 g/mol. The van der Waals surface area contributed by atoms with Crippen molar-refractivity contribution in [1.29, 1.82) is 0 Å². The van der Waals surface area contributed by atoms with Crippen LogP contribution in [0.5, 0.6) is 11.5 Å². The predicted octanol–water partition coefficient (Wildman–Crippen LogP) is 2.86. The molecule has 4 rings (SSSR count). The van der Waals surface area contributed by atoms with Gasteiger partial charge in [0.25, 0.3) is 5.91 Å². The fraction of sp³-hybridized carbons (Fsp3) is 0.238. The molecule has 0 unspecified atom stereocenters. The Bertz CT molecular complexity index is 920. The summed E-state index contributed by atoms with van der Waals surface area (Å²) in [6.45, 7) is 1.16. The average Bonchev–Trinajstić information content (AvgIpc) is 3.26. The lowest BCUT2D eigenvalue weighted by atomic mass is 9.96. The molecule has 1 N–H and O–H groups in total. The number of nitrogens with one attached hydrogen (secondary N) is 1. The van der Waals surface area contributed by atoms with Crippen LogP contribution in [0.3, 0.4) is 0 Å². The standard InChI is InChI=1S/C21H21N3O3/c1-26-19-8-5-17-11-15(14-27-20(17)12-19)13-22-21(25)16-3-6-18(7-4-16)24-10-2-9-23-24/h2-10,12,15H,11,13-14H2,1H3,(H,22,25)/t15-/m0/s1. The highest BCUT2D eigenvalue weighted by Gasteiger charge is 2.21. The summed E-state index contributed by atoms with van der Waals surface area (Å²) in [6.07, 6.45) is 4.46. The molecule has 0 saturated heterocycles. The lowest BCUT2D eigenvalue weighted by molar-refractivity contribution is 0.0939. The van der Waals surface area contributed by atoms with Crippen LogP contribution in [0, 0.1) is 5.92 Å². The van der Waals surface area contributed by atoms with Crippen LogP contribution in [0.4, 0.5) is 0 Å². The maximum Gasteiger partial charge on any atom is 0.251 e. The first kappa shape index (κ1) is 17.1. The number of nitrogens with zero attached hydrogens (tertiary/aromatic N) is 2. The van der Waals surface area contributed by atoms with Crippen LogP contribution in [0.25, 0.3) is 5.69 Å². The zero-order valence-corrected chi connectivity index (χ0v) is 15.1. The van der Waals surface area contributed by atoms with E-state index in [9.17, 15) is 4.79 Å². The molecule has 0 bridgehead atoms. The van der Waals surface area contributed by atoms with E-state index < -0.39 is 0 Å². The number of carbonyl (C=O) groups is 1. The summed E-state index contributed by atoms with van der Waals surface area (Å²) in [5.74, 6) is 1.82. The smallest absolute Gasteiger partial charge is 0.251 e. The largest absolute Gasteiger partial charge is 0.497 e. The van der Waals surface area contributed by atoms with Gasteiger partial charge in [-0.25, -0.2) is 4.68 Å². The summed E-state index contributed by atoms with van der Waals surface area (Å²) < 4.78 is 12.8. The lowest BCUT2D eigenvalue weighted by Gasteiger charge is -2.25. The number of benzene rings is 2. The molecule has 6 nitrogen and oxygen atoms in total. The molecule has 0 aliphatic carbocycles. The number of hydrogen-bond acceptors (Lipinski definition) is 4. The third kappa shape index (κ3) is 3.79. The third-order valence-corrected chi connectivity index (χ3v) is 4.71. The Labute approximate surface area is 157 Å². The molecule has 1 amide bonds. The molecule has 0 spiro atoms. The summed E-state index contributed by atoms with van der Waals surface area (Å²) in [5.41, 5.74) is 2.70. The Hall–Kier alpha value is -3.28. The minimum Gasteiger partial charge on any atom is -0.497 e. The highest BCUT2D eigenvalue weighted by Crippen LogP contribution is 2.30. The van der Waals surface area contributed by atoms with Crippen LogP contribution in [0.15, 0.2) is 60.9 Å². The van der Waals surface area contributed by atoms with E-state index in [-0.39, 0.29) is 11.8 Å². The first-order chi connectivity index (χ1) is 13.2. The normalized spacial score (nSPS) is 15.5. The van der Waals surface area contributed by atoms with E-state index in [1.165, 1.54) is 0 Å². The van der Waals surface area contributed by atoms with Gasteiger partial charge in [0.1, 0.15) is 11.5 Å². The zero-order chi connectivity index (χ0) is 18.6. The number of fused-ring (bicyclic) bond motifs is 1. The van der Waals surface area contributed by atoms with Crippen molar-refractivity contribution < 1.29 is 14.3 Å². The highest BCUT2D eigenvalue weighted by molar-refractivity contribution is 5.94. The van der Waals surface area contributed by atoms with Crippen LogP contribution < -0.4 is 14.8 Å². The molecule has 0 radical (unpaired) electrons. The molecule has 2 aromatic carbocycles. The molecule has 0 fully saturated rings. The molecule has 2 heterocycles.